The van der Waals surface area contributed by atoms with Crippen LogP contribution in [0.5, 0.6) is 0 Å². The summed E-state index contributed by atoms with van der Waals surface area (Å²) in [4.78, 5) is 11.0. The summed E-state index contributed by atoms with van der Waals surface area (Å²) in [5, 5.41) is 0. The molecule has 0 bridgehead atoms. The Morgan fingerprint density at radius 3 is 2.53 bits per heavy atom. The van der Waals surface area contributed by atoms with Gasteiger partial charge in [-0.2, -0.15) is 0 Å². The minimum absolute atomic E-state index is 0.111. The predicted octanol–water partition coefficient (Wildman–Crippen LogP) is 0.926. The molecule has 7 heteroatoms. The fraction of sp³-hybridized carbons (Fsp3) is 0.300. The lowest BCUT2D eigenvalue weighted by molar-refractivity contribution is -0.120. The molecule has 4 N–H and O–H groups in total. The van der Waals surface area contributed by atoms with E-state index in [0.29, 0.717) is 10.2 Å². The molecule has 0 saturated carbocycles. The lowest BCUT2D eigenvalue weighted by Crippen LogP contribution is -2.27. The van der Waals surface area contributed by atoms with Crippen molar-refractivity contribution in [3.63, 3.8) is 0 Å². The summed E-state index contributed by atoms with van der Waals surface area (Å²) in [5.41, 5.74) is 11.0. The Morgan fingerprint density at radius 2 is 2.06 bits per heavy atom. The average molecular weight is 321 g/mol. The zero-order chi connectivity index (χ0) is 13.2. The molecule has 0 aliphatic rings. The van der Waals surface area contributed by atoms with Crippen molar-refractivity contribution in [1.29, 1.82) is 0 Å². The molecular formula is C10H13BrN2O3S. The van der Waals surface area contributed by atoms with E-state index in [0.717, 1.165) is 0 Å². The monoisotopic (exact) mass is 320 g/mol. The Hall–Kier alpha value is -1.08. The van der Waals surface area contributed by atoms with Gasteiger partial charge in [-0.1, -0.05) is 6.92 Å². The second-order valence-electron chi connectivity index (χ2n) is 3.77. The normalized spacial score (nSPS) is 13.3. The molecule has 1 aromatic rings. The van der Waals surface area contributed by atoms with Crippen molar-refractivity contribution in [1.82, 2.24) is 0 Å². The van der Waals surface area contributed by atoms with Crippen molar-refractivity contribution >= 4 is 37.4 Å². The number of halogens is 1. The van der Waals surface area contributed by atoms with E-state index in [1.807, 2.05) is 0 Å². The van der Waals surface area contributed by atoms with Crippen LogP contribution in [-0.4, -0.2) is 20.1 Å². The number of nitrogen functional groups attached to an aromatic ring is 1. The number of primary amides is 1. The first-order valence-electron chi connectivity index (χ1n) is 4.81. The van der Waals surface area contributed by atoms with Crippen molar-refractivity contribution in [2.45, 2.75) is 11.8 Å². The summed E-state index contributed by atoms with van der Waals surface area (Å²) >= 11 is 3.13. The number of hydrogen-bond donors (Lipinski definition) is 2. The second-order valence-corrected chi connectivity index (χ2v) is 6.63. The number of anilines is 1. The smallest absolute Gasteiger partial charge is 0.221 e. The van der Waals surface area contributed by atoms with E-state index < -0.39 is 21.7 Å². The molecule has 0 aromatic heterocycles. The maximum Gasteiger partial charge on any atom is 0.221 e. The molecule has 1 rings (SSSR count). The molecule has 1 unspecified atom stereocenters. The van der Waals surface area contributed by atoms with Gasteiger partial charge >= 0.3 is 0 Å². The number of amides is 1. The van der Waals surface area contributed by atoms with Crippen LogP contribution in [0, 0.1) is 5.92 Å². The molecule has 5 nitrogen and oxygen atoms in total. The van der Waals surface area contributed by atoms with E-state index >= 15 is 0 Å². The highest BCUT2D eigenvalue weighted by atomic mass is 79.9. The number of carbonyl (C=O) groups is 1. The van der Waals surface area contributed by atoms with Crippen molar-refractivity contribution in [2.24, 2.45) is 11.7 Å². The van der Waals surface area contributed by atoms with Gasteiger partial charge in [0, 0.05) is 16.1 Å². The quantitative estimate of drug-likeness (QED) is 0.805. The Balaban J connectivity index is 3.10. The fourth-order valence-corrected chi connectivity index (χ4v) is 4.04. The van der Waals surface area contributed by atoms with Gasteiger partial charge in [-0.3, -0.25) is 4.79 Å². The number of benzene rings is 1. The standard InChI is InChI=1S/C10H13BrN2O3S/c1-6(10(13)14)5-17(15,16)9-3-2-7(12)4-8(9)11/h2-4,6H,5,12H2,1H3,(H2,13,14). The Labute approximate surface area is 108 Å². The van der Waals surface area contributed by atoms with Crippen LogP contribution in [0.1, 0.15) is 6.92 Å². The van der Waals surface area contributed by atoms with Crippen LogP contribution in [0.2, 0.25) is 0 Å². The number of nitrogens with two attached hydrogens (primary N) is 2. The second kappa shape index (κ2) is 5.05. The van der Waals surface area contributed by atoms with Gasteiger partial charge in [0.15, 0.2) is 9.84 Å². The Morgan fingerprint density at radius 1 is 1.47 bits per heavy atom. The van der Waals surface area contributed by atoms with Crippen LogP contribution >= 0.6 is 15.9 Å². The summed E-state index contributed by atoms with van der Waals surface area (Å²) in [6.45, 7) is 1.48. The minimum Gasteiger partial charge on any atom is -0.399 e. The molecular weight excluding hydrogens is 308 g/mol. The first-order chi connectivity index (χ1) is 7.74. The van der Waals surface area contributed by atoms with Gasteiger partial charge in [-0.05, 0) is 34.1 Å². The summed E-state index contributed by atoms with van der Waals surface area (Å²) in [6, 6.07) is 4.40. The van der Waals surface area contributed by atoms with E-state index in [1.165, 1.54) is 25.1 Å². The molecule has 0 spiro atoms. The van der Waals surface area contributed by atoms with Gasteiger partial charge < -0.3 is 11.5 Å². The topological polar surface area (TPSA) is 103 Å². The highest BCUT2D eigenvalue weighted by Gasteiger charge is 2.23. The molecule has 1 amide bonds. The molecule has 0 saturated heterocycles. The molecule has 1 aromatic carbocycles. The number of hydrogen-bond acceptors (Lipinski definition) is 4. The number of rotatable bonds is 4. The first-order valence-corrected chi connectivity index (χ1v) is 7.25. The van der Waals surface area contributed by atoms with Gasteiger partial charge in [-0.15, -0.1) is 0 Å². The SMILES string of the molecule is CC(CS(=O)(=O)c1ccc(N)cc1Br)C(N)=O. The van der Waals surface area contributed by atoms with Gasteiger partial charge in [0.1, 0.15) is 0 Å². The fourth-order valence-electron chi connectivity index (χ4n) is 1.27. The van der Waals surface area contributed by atoms with Crippen LogP contribution in [0.4, 0.5) is 5.69 Å². The van der Waals surface area contributed by atoms with E-state index in [-0.39, 0.29) is 10.6 Å². The van der Waals surface area contributed by atoms with Gasteiger partial charge in [0.05, 0.1) is 10.6 Å². The highest BCUT2D eigenvalue weighted by molar-refractivity contribution is 9.10. The van der Waals surface area contributed by atoms with Gasteiger partial charge in [0.25, 0.3) is 0 Å². The van der Waals surface area contributed by atoms with E-state index in [1.54, 1.807) is 0 Å². The third-order valence-corrected chi connectivity index (χ3v) is 5.13. The third-order valence-electron chi connectivity index (χ3n) is 2.25. The van der Waals surface area contributed by atoms with Crippen molar-refractivity contribution < 1.29 is 13.2 Å². The molecule has 1 atom stereocenters. The number of sulfone groups is 1. The summed E-state index contributed by atoms with van der Waals surface area (Å²) < 4.78 is 24.4. The Kier molecular flexibility index (Phi) is 4.16. The molecule has 0 fully saturated rings. The van der Waals surface area contributed by atoms with Crippen LogP contribution in [0.15, 0.2) is 27.6 Å². The minimum atomic E-state index is -3.56. The summed E-state index contributed by atoms with van der Waals surface area (Å²) in [7, 11) is -3.56. The van der Waals surface area contributed by atoms with E-state index in [4.69, 9.17) is 11.5 Å². The van der Waals surface area contributed by atoms with Crippen LogP contribution in [-0.2, 0) is 14.6 Å². The zero-order valence-electron chi connectivity index (χ0n) is 9.18. The molecule has 0 aliphatic carbocycles. The lowest BCUT2D eigenvalue weighted by atomic mass is 10.2. The van der Waals surface area contributed by atoms with Gasteiger partial charge in [-0.25, -0.2) is 8.42 Å². The van der Waals surface area contributed by atoms with Crippen LogP contribution in [0.25, 0.3) is 0 Å². The molecule has 0 radical (unpaired) electrons. The van der Waals surface area contributed by atoms with Crippen LogP contribution < -0.4 is 11.5 Å². The number of carbonyl (C=O) groups excluding carboxylic acids is 1. The lowest BCUT2D eigenvalue weighted by Gasteiger charge is -2.10. The molecule has 17 heavy (non-hydrogen) atoms. The average Bonchev–Trinajstić information content (AvgIpc) is 2.15. The van der Waals surface area contributed by atoms with Crippen LogP contribution in [0.3, 0.4) is 0 Å². The first kappa shape index (κ1) is 14.0. The largest absolute Gasteiger partial charge is 0.399 e. The maximum absolute atomic E-state index is 12.0. The van der Waals surface area contributed by atoms with Crippen molar-refractivity contribution in [2.75, 3.05) is 11.5 Å². The van der Waals surface area contributed by atoms with E-state index in [2.05, 4.69) is 15.9 Å². The molecule has 0 heterocycles. The predicted molar refractivity (Wildman–Crippen MR) is 69.0 cm³/mol. The van der Waals surface area contributed by atoms with Crippen molar-refractivity contribution in [3.8, 4) is 0 Å². The zero-order valence-corrected chi connectivity index (χ0v) is 11.6. The van der Waals surface area contributed by atoms with Gasteiger partial charge in [0.2, 0.25) is 5.91 Å². The van der Waals surface area contributed by atoms with E-state index in [9.17, 15) is 13.2 Å². The Bertz CT molecular complexity index is 542. The summed E-state index contributed by atoms with van der Waals surface area (Å²) in [5.74, 6) is -1.69. The summed E-state index contributed by atoms with van der Waals surface area (Å²) in [6.07, 6.45) is 0. The van der Waals surface area contributed by atoms with Crippen molar-refractivity contribution in [3.05, 3.63) is 22.7 Å². The molecule has 0 aliphatic heterocycles. The third kappa shape index (κ3) is 3.44. The maximum atomic E-state index is 12.0. The highest BCUT2D eigenvalue weighted by Crippen LogP contribution is 2.26. The molecule has 94 valence electrons.